The third kappa shape index (κ3) is 2.76. The predicted octanol–water partition coefficient (Wildman–Crippen LogP) is 1.84. The molecule has 0 amide bonds. The van der Waals surface area contributed by atoms with E-state index < -0.39 is 11.3 Å². The number of hydrogen-bond acceptors (Lipinski definition) is 1. The van der Waals surface area contributed by atoms with Crippen LogP contribution in [0.15, 0.2) is 24.3 Å². The highest BCUT2D eigenvalue weighted by molar-refractivity contribution is 14.1. The van der Waals surface area contributed by atoms with E-state index in [4.69, 9.17) is 4.55 Å². The molecular weight excluding hydrogens is 277 g/mol. The smallest absolute Gasteiger partial charge is 0.259 e. The van der Waals surface area contributed by atoms with Gasteiger partial charge in [-0.05, 0) is 34.7 Å². The van der Waals surface area contributed by atoms with Crippen molar-refractivity contribution in [2.75, 3.05) is 4.72 Å². The molecule has 1 aromatic carbocycles. The fraction of sp³-hybridized carbons (Fsp3) is 0. The van der Waals surface area contributed by atoms with E-state index in [1.165, 1.54) is 0 Å². The molecule has 0 heterocycles. The molecule has 60 valence electrons. The van der Waals surface area contributed by atoms with Crippen LogP contribution in [-0.2, 0) is 11.3 Å². The van der Waals surface area contributed by atoms with E-state index in [0.29, 0.717) is 5.69 Å². The van der Waals surface area contributed by atoms with Gasteiger partial charge in [-0.25, -0.2) is 4.21 Å². The van der Waals surface area contributed by atoms with Crippen molar-refractivity contribution >= 4 is 39.5 Å². The van der Waals surface area contributed by atoms with E-state index >= 15 is 0 Å². The maximum absolute atomic E-state index is 10.3. The van der Waals surface area contributed by atoms with Crippen LogP contribution in [0.4, 0.5) is 5.69 Å². The van der Waals surface area contributed by atoms with Gasteiger partial charge in [0.1, 0.15) is 0 Å². The van der Waals surface area contributed by atoms with Crippen molar-refractivity contribution in [3.05, 3.63) is 27.8 Å². The lowest BCUT2D eigenvalue weighted by atomic mass is 10.3. The summed E-state index contributed by atoms with van der Waals surface area (Å²) >= 11 is 0.104. The fourth-order valence-corrected chi connectivity index (χ4v) is 1.71. The van der Waals surface area contributed by atoms with Crippen LogP contribution in [0.2, 0.25) is 0 Å². The van der Waals surface area contributed by atoms with Gasteiger partial charge in [0, 0.05) is 3.57 Å². The lowest BCUT2D eigenvalue weighted by Gasteiger charge is -2.01. The molecule has 5 heteroatoms. The number of para-hydroxylation sites is 1. The second-order valence-electron chi connectivity index (χ2n) is 1.83. The van der Waals surface area contributed by atoms with Crippen LogP contribution < -0.4 is 4.72 Å². The summed E-state index contributed by atoms with van der Waals surface area (Å²) in [6.07, 6.45) is 0. The fourth-order valence-electron chi connectivity index (χ4n) is 0.638. The van der Waals surface area contributed by atoms with Gasteiger partial charge in [0.05, 0.1) is 5.69 Å². The van der Waals surface area contributed by atoms with Gasteiger partial charge in [0.2, 0.25) is 0 Å². The molecule has 1 aromatic rings. The van der Waals surface area contributed by atoms with Gasteiger partial charge in [0.25, 0.3) is 11.3 Å². The van der Waals surface area contributed by atoms with Gasteiger partial charge in [-0.15, -0.1) is 0 Å². The zero-order chi connectivity index (χ0) is 8.27. The highest BCUT2D eigenvalue weighted by Crippen LogP contribution is 2.16. The topological polar surface area (TPSA) is 49.3 Å². The van der Waals surface area contributed by atoms with E-state index in [-0.39, 0.29) is 0 Å². The summed E-state index contributed by atoms with van der Waals surface area (Å²) in [5.41, 5.74) is 0.675. The molecule has 0 bridgehead atoms. The van der Waals surface area contributed by atoms with E-state index in [2.05, 4.69) is 27.3 Å². The van der Waals surface area contributed by atoms with Crippen LogP contribution in [-0.4, -0.2) is 8.76 Å². The lowest BCUT2D eigenvalue weighted by molar-refractivity contribution is 0.570. The first kappa shape index (κ1) is 8.95. The van der Waals surface area contributed by atoms with Crippen LogP contribution >= 0.6 is 22.6 Å². The molecule has 0 aliphatic carbocycles. The number of benzene rings is 1. The molecule has 0 aromatic heterocycles. The molecule has 1 atom stereocenters. The summed E-state index contributed by atoms with van der Waals surface area (Å²) in [6.45, 7) is 0. The number of nitrogens with one attached hydrogen (secondary N) is 1. The highest BCUT2D eigenvalue weighted by Gasteiger charge is 1.98. The SMILES string of the molecule is O=S(O)Nc1ccccc1I. The van der Waals surface area contributed by atoms with Crippen LogP contribution in [0.3, 0.4) is 0 Å². The first-order valence-electron chi connectivity index (χ1n) is 2.82. The monoisotopic (exact) mass is 283 g/mol. The molecule has 2 N–H and O–H groups in total. The Kier molecular flexibility index (Phi) is 3.28. The van der Waals surface area contributed by atoms with E-state index in [9.17, 15) is 4.21 Å². The third-order valence-electron chi connectivity index (χ3n) is 1.07. The Morgan fingerprint density at radius 3 is 2.64 bits per heavy atom. The normalized spacial score (nSPS) is 12.5. The van der Waals surface area contributed by atoms with Crippen molar-refractivity contribution in [3.8, 4) is 0 Å². The molecule has 0 fully saturated rings. The largest absolute Gasteiger partial charge is 0.289 e. The standard InChI is InChI=1S/C6H6INO2S/c7-5-3-1-2-4-6(5)8-11(9)10/h1-4,8H,(H,9,10). The number of hydrogen-bond donors (Lipinski definition) is 2. The summed E-state index contributed by atoms with van der Waals surface area (Å²) in [5, 5.41) is 0. The summed E-state index contributed by atoms with van der Waals surface area (Å²) in [4.78, 5) is 0. The average molecular weight is 283 g/mol. The van der Waals surface area contributed by atoms with Gasteiger partial charge in [-0.3, -0.25) is 9.27 Å². The van der Waals surface area contributed by atoms with Crippen molar-refractivity contribution in [2.45, 2.75) is 0 Å². The highest BCUT2D eigenvalue weighted by atomic mass is 127. The second-order valence-corrected chi connectivity index (χ2v) is 3.70. The number of halogens is 1. The first-order valence-corrected chi connectivity index (χ1v) is 5.01. The summed E-state index contributed by atoms with van der Waals surface area (Å²) in [5.74, 6) is 0. The zero-order valence-electron chi connectivity index (χ0n) is 5.45. The zero-order valence-corrected chi connectivity index (χ0v) is 8.43. The third-order valence-corrected chi connectivity index (χ3v) is 2.41. The van der Waals surface area contributed by atoms with Gasteiger partial charge >= 0.3 is 0 Å². The Labute approximate surface area is 80.8 Å². The molecule has 11 heavy (non-hydrogen) atoms. The van der Waals surface area contributed by atoms with E-state index in [1.807, 2.05) is 12.1 Å². The van der Waals surface area contributed by atoms with Crippen molar-refractivity contribution < 1.29 is 8.76 Å². The van der Waals surface area contributed by atoms with Crippen LogP contribution in [0.25, 0.3) is 0 Å². The quantitative estimate of drug-likeness (QED) is 0.642. The average Bonchev–Trinajstić information content (AvgIpc) is 1.93. The first-order chi connectivity index (χ1) is 5.20. The predicted molar refractivity (Wildman–Crippen MR) is 53.6 cm³/mol. The van der Waals surface area contributed by atoms with E-state index in [1.54, 1.807) is 12.1 Å². The van der Waals surface area contributed by atoms with Crippen LogP contribution in [0.5, 0.6) is 0 Å². The lowest BCUT2D eigenvalue weighted by Crippen LogP contribution is -2.02. The Bertz CT molecular complexity index is 279. The van der Waals surface area contributed by atoms with Gasteiger partial charge < -0.3 is 0 Å². The van der Waals surface area contributed by atoms with Crippen molar-refractivity contribution in [1.82, 2.24) is 0 Å². The number of rotatable bonds is 2. The van der Waals surface area contributed by atoms with Crippen LogP contribution in [0.1, 0.15) is 0 Å². The minimum absolute atomic E-state index is 0.675. The molecule has 0 saturated carbocycles. The van der Waals surface area contributed by atoms with Gasteiger partial charge in [-0.1, -0.05) is 12.1 Å². The Morgan fingerprint density at radius 2 is 2.09 bits per heavy atom. The Balaban J connectivity index is 2.86. The molecule has 1 rings (SSSR count). The van der Waals surface area contributed by atoms with Crippen molar-refractivity contribution in [1.29, 1.82) is 0 Å². The molecule has 0 spiro atoms. The maximum atomic E-state index is 10.3. The summed E-state index contributed by atoms with van der Waals surface area (Å²) in [6, 6.07) is 7.27. The number of anilines is 1. The maximum Gasteiger partial charge on any atom is 0.259 e. The molecule has 1 unspecified atom stereocenters. The Hall–Kier alpha value is -0.140. The minimum atomic E-state index is -1.98. The van der Waals surface area contributed by atoms with Gasteiger partial charge in [0.15, 0.2) is 0 Å². The second kappa shape index (κ2) is 4.03. The van der Waals surface area contributed by atoms with E-state index in [0.717, 1.165) is 3.57 Å². The molecule has 0 saturated heterocycles. The summed E-state index contributed by atoms with van der Waals surface area (Å²) < 4.78 is 22.1. The van der Waals surface area contributed by atoms with Crippen molar-refractivity contribution in [2.24, 2.45) is 0 Å². The summed E-state index contributed by atoms with van der Waals surface area (Å²) in [7, 11) is 0. The van der Waals surface area contributed by atoms with Crippen LogP contribution in [0, 0.1) is 3.57 Å². The molecular formula is C6H6INO2S. The minimum Gasteiger partial charge on any atom is -0.289 e. The van der Waals surface area contributed by atoms with Gasteiger partial charge in [-0.2, -0.15) is 0 Å². The molecule has 3 nitrogen and oxygen atoms in total. The Morgan fingerprint density at radius 1 is 1.45 bits per heavy atom. The molecule has 0 radical (unpaired) electrons. The van der Waals surface area contributed by atoms with Crippen molar-refractivity contribution in [3.63, 3.8) is 0 Å². The molecule has 0 aliphatic heterocycles. The molecule has 0 aliphatic rings.